The minimum Gasteiger partial charge on any atom is -0.486 e. The molecule has 0 spiro atoms. The lowest BCUT2D eigenvalue weighted by Crippen LogP contribution is -2.16. The van der Waals surface area contributed by atoms with Crippen molar-refractivity contribution in [3.05, 3.63) is 71.0 Å². The largest absolute Gasteiger partial charge is 0.486 e. The summed E-state index contributed by atoms with van der Waals surface area (Å²) in [6.45, 7) is 6.73. The topological polar surface area (TPSA) is 109 Å². The third-order valence-corrected chi connectivity index (χ3v) is 5.42. The van der Waals surface area contributed by atoms with E-state index in [4.69, 9.17) is 16.3 Å². The number of carbonyl (C=O) groups excluding carboxylic acids is 1. The predicted molar refractivity (Wildman–Crippen MR) is 114 cm³/mol. The molecule has 0 aliphatic rings. The summed E-state index contributed by atoms with van der Waals surface area (Å²) in [4.78, 5) is 11.3. The third-order valence-electron chi connectivity index (χ3n) is 4.40. The van der Waals surface area contributed by atoms with E-state index in [1.807, 2.05) is 18.2 Å². The maximum absolute atomic E-state index is 11.3. The van der Waals surface area contributed by atoms with E-state index < -0.39 is 5.91 Å². The summed E-state index contributed by atoms with van der Waals surface area (Å²) in [7, 11) is 0. The number of hydrogen-bond acceptors (Lipinski definition) is 6. The molecular formula is C21H25N5O2S. The van der Waals surface area contributed by atoms with Crippen molar-refractivity contribution in [1.29, 1.82) is 0 Å². The molecule has 0 saturated heterocycles. The Balaban J connectivity index is 1.59. The number of nitrogens with zero attached hydrogens (tertiary/aromatic N) is 3. The van der Waals surface area contributed by atoms with Crippen LogP contribution in [0.1, 0.15) is 48.1 Å². The maximum Gasteiger partial charge on any atom is 0.248 e. The molecule has 2 aromatic carbocycles. The second-order valence-electron chi connectivity index (χ2n) is 7.69. The fourth-order valence-electron chi connectivity index (χ4n) is 2.67. The lowest BCUT2D eigenvalue weighted by molar-refractivity contribution is 0.1000. The van der Waals surface area contributed by atoms with Crippen LogP contribution in [0.2, 0.25) is 0 Å². The Morgan fingerprint density at radius 1 is 1.14 bits per heavy atom. The molecule has 0 aliphatic heterocycles. The molecule has 1 aromatic heterocycles. The van der Waals surface area contributed by atoms with Gasteiger partial charge >= 0.3 is 0 Å². The Kier molecular flexibility index (Phi) is 6.12. The van der Waals surface area contributed by atoms with Crippen LogP contribution in [-0.2, 0) is 17.8 Å². The number of carbonyl (C=O) groups is 1. The van der Waals surface area contributed by atoms with Crippen molar-refractivity contribution < 1.29 is 9.53 Å². The summed E-state index contributed by atoms with van der Waals surface area (Å²) in [6, 6.07) is 15.2. The number of primary amides is 1. The van der Waals surface area contributed by atoms with E-state index in [-0.39, 0.29) is 12.0 Å². The quantitative estimate of drug-likeness (QED) is 0.456. The van der Waals surface area contributed by atoms with Gasteiger partial charge in [0.05, 0.1) is 0 Å². The Hall–Kier alpha value is -3.00. The van der Waals surface area contributed by atoms with Gasteiger partial charge in [-0.3, -0.25) is 4.79 Å². The van der Waals surface area contributed by atoms with Crippen LogP contribution in [0.15, 0.2) is 53.7 Å². The smallest absolute Gasteiger partial charge is 0.248 e. The molecule has 0 aliphatic carbocycles. The van der Waals surface area contributed by atoms with Crippen molar-refractivity contribution in [1.82, 2.24) is 14.9 Å². The predicted octanol–water partition coefficient (Wildman–Crippen LogP) is 3.26. The van der Waals surface area contributed by atoms with Gasteiger partial charge in [0.25, 0.3) is 0 Å². The van der Waals surface area contributed by atoms with Crippen LogP contribution in [0.3, 0.4) is 0 Å². The molecule has 0 unspecified atom stereocenters. The third kappa shape index (κ3) is 5.29. The van der Waals surface area contributed by atoms with E-state index in [0.29, 0.717) is 22.3 Å². The van der Waals surface area contributed by atoms with Crippen molar-refractivity contribution in [3.63, 3.8) is 0 Å². The van der Waals surface area contributed by atoms with E-state index in [2.05, 4.69) is 43.1 Å². The van der Waals surface area contributed by atoms with Gasteiger partial charge in [-0.2, -0.15) is 0 Å². The van der Waals surface area contributed by atoms with Crippen molar-refractivity contribution in [2.75, 3.05) is 5.84 Å². The molecule has 0 fully saturated rings. The zero-order valence-corrected chi connectivity index (χ0v) is 17.6. The molecule has 29 heavy (non-hydrogen) atoms. The number of ether oxygens (including phenoxy) is 1. The summed E-state index contributed by atoms with van der Waals surface area (Å²) >= 11 is 1.42. The first kappa shape index (κ1) is 20.7. The van der Waals surface area contributed by atoms with Gasteiger partial charge in [-0.05, 0) is 40.8 Å². The van der Waals surface area contributed by atoms with Crippen molar-refractivity contribution in [2.24, 2.45) is 5.73 Å². The fraction of sp³-hybridized carbons (Fsp3) is 0.286. The van der Waals surface area contributed by atoms with Gasteiger partial charge in [0.15, 0.2) is 5.82 Å². The lowest BCUT2D eigenvalue weighted by Gasteiger charge is -2.19. The summed E-state index contributed by atoms with van der Waals surface area (Å²) < 4.78 is 7.22. The molecule has 0 atom stereocenters. The molecule has 0 saturated carbocycles. The highest BCUT2D eigenvalue weighted by Crippen LogP contribution is 2.25. The van der Waals surface area contributed by atoms with Gasteiger partial charge in [0, 0.05) is 11.3 Å². The highest BCUT2D eigenvalue weighted by Gasteiger charge is 2.14. The summed E-state index contributed by atoms with van der Waals surface area (Å²) in [5.74, 6) is 7.52. The van der Waals surface area contributed by atoms with Gasteiger partial charge in [0.1, 0.15) is 12.4 Å². The molecule has 152 valence electrons. The van der Waals surface area contributed by atoms with E-state index in [9.17, 15) is 4.79 Å². The molecule has 0 radical (unpaired) electrons. The summed E-state index contributed by atoms with van der Waals surface area (Å²) in [5, 5.41) is 8.81. The van der Waals surface area contributed by atoms with E-state index in [0.717, 1.165) is 11.3 Å². The van der Waals surface area contributed by atoms with Crippen LogP contribution < -0.4 is 16.3 Å². The molecule has 3 aromatic rings. The monoisotopic (exact) mass is 411 g/mol. The second kappa shape index (κ2) is 8.57. The number of nitrogen functional groups attached to an aromatic ring is 1. The number of amides is 1. The van der Waals surface area contributed by atoms with Gasteiger partial charge in [-0.1, -0.05) is 56.8 Å². The van der Waals surface area contributed by atoms with Gasteiger partial charge in [-0.25, -0.2) is 4.68 Å². The van der Waals surface area contributed by atoms with Crippen molar-refractivity contribution >= 4 is 17.7 Å². The molecule has 8 heteroatoms. The maximum atomic E-state index is 11.3. The minimum atomic E-state index is -0.450. The highest BCUT2D eigenvalue weighted by molar-refractivity contribution is 7.98. The highest BCUT2D eigenvalue weighted by atomic mass is 32.2. The Morgan fingerprint density at radius 3 is 2.52 bits per heavy atom. The Labute approximate surface area is 174 Å². The Morgan fingerprint density at radius 2 is 1.86 bits per heavy atom. The molecular weight excluding hydrogens is 386 g/mol. The Bertz CT molecular complexity index is 993. The van der Waals surface area contributed by atoms with Crippen molar-refractivity contribution in [3.8, 4) is 5.75 Å². The van der Waals surface area contributed by atoms with E-state index in [1.54, 1.807) is 18.2 Å². The average Bonchev–Trinajstić information content (AvgIpc) is 3.04. The van der Waals surface area contributed by atoms with Crippen LogP contribution >= 0.6 is 11.8 Å². The standard InChI is InChI=1S/C21H25N5O2S/c1-21(2,3)16-7-9-17(10-8-16)28-12-18-24-25-20(26(18)23)29-13-14-5-4-6-15(11-14)19(22)27/h4-11H,12-13,23H2,1-3H3,(H2,22,27). The number of aromatic nitrogens is 3. The van der Waals surface area contributed by atoms with Crippen molar-refractivity contribution in [2.45, 2.75) is 43.7 Å². The molecule has 3 rings (SSSR count). The first-order valence-electron chi connectivity index (χ1n) is 9.18. The van der Waals surface area contributed by atoms with E-state index >= 15 is 0 Å². The number of nitrogens with two attached hydrogens (primary N) is 2. The minimum absolute atomic E-state index is 0.0963. The fourth-order valence-corrected chi connectivity index (χ4v) is 3.48. The number of thioether (sulfide) groups is 1. The summed E-state index contributed by atoms with van der Waals surface area (Å²) in [6.07, 6.45) is 0. The molecule has 4 N–H and O–H groups in total. The van der Waals surface area contributed by atoms with Crippen LogP contribution in [0, 0.1) is 0 Å². The first-order chi connectivity index (χ1) is 13.7. The average molecular weight is 412 g/mol. The first-order valence-corrected chi connectivity index (χ1v) is 10.2. The number of hydrogen-bond donors (Lipinski definition) is 2. The van der Waals surface area contributed by atoms with Gasteiger partial charge < -0.3 is 16.3 Å². The SMILES string of the molecule is CC(C)(C)c1ccc(OCc2nnc(SCc3cccc(C(N)=O)c3)n2N)cc1. The van der Waals surface area contributed by atoms with Crippen LogP contribution in [-0.4, -0.2) is 20.8 Å². The van der Waals surface area contributed by atoms with Crippen LogP contribution in [0.5, 0.6) is 5.75 Å². The molecule has 1 heterocycles. The van der Waals surface area contributed by atoms with Gasteiger partial charge in [-0.15, -0.1) is 10.2 Å². The van der Waals surface area contributed by atoms with Crippen LogP contribution in [0.25, 0.3) is 0 Å². The van der Waals surface area contributed by atoms with Gasteiger partial charge in [0.2, 0.25) is 11.1 Å². The van der Waals surface area contributed by atoms with E-state index in [1.165, 1.54) is 22.0 Å². The lowest BCUT2D eigenvalue weighted by atomic mass is 9.87. The van der Waals surface area contributed by atoms with Crippen LogP contribution in [0.4, 0.5) is 0 Å². The molecule has 7 nitrogen and oxygen atoms in total. The zero-order valence-electron chi connectivity index (χ0n) is 16.8. The normalized spacial score (nSPS) is 11.4. The zero-order chi connectivity index (χ0) is 21.0. The second-order valence-corrected chi connectivity index (χ2v) is 8.63. The molecule has 1 amide bonds. The number of benzene rings is 2. The number of rotatable bonds is 7. The molecule has 0 bridgehead atoms. The summed E-state index contributed by atoms with van der Waals surface area (Å²) in [5.41, 5.74) is 8.09.